The normalized spacial score (nSPS) is 11.8. The fourth-order valence-electron chi connectivity index (χ4n) is 1.83. The second-order valence-electron chi connectivity index (χ2n) is 5.81. The molecule has 1 aromatic carbocycles. The van der Waals surface area contributed by atoms with Crippen molar-refractivity contribution in [3.8, 4) is 0 Å². The molecule has 2 aromatic rings. The Hall–Kier alpha value is -2.50. The summed E-state index contributed by atoms with van der Waals surface area (Å²) in [6.45, 7) is 7.98. The van der Waals surface area contributed by atoms with Crippen LogP contribution in [0.2, 0.25) is 0 Å². The molecule has 2 rings (SSSR count). The van der Waals surface area contributed by atoms with E-state index in [4.69, 9.17) is 0 Å². The highest BCUT2D eigenvalue weighted by atomic mass is 16.1. The highest BCUT2D eigenvalue weighted by Gasteiger charge is 2.21. The highest BCUT2D eigenvalue weighted by Crippen LogP contribution is 2.24. The van der Waals surface area contributed by atoms with E-state index in [-0.39, 0.29) is 5.41 Å². The second kappa shape index (κ2) is 5.87. The van der Waals surface area contributed by atoms with E-state index in [0.29, 0.717) is 11.5 Å². The summed E-state index contributed by atoms with van der Waals surface area (Å²) in [5.74, 6) is 0.371. The van der Waals surface area contributed by atoms with E-state index in [9.17, 15) is 4.79 Å². The Bertz CT molecular complexity index is 712. The molecule has 1 heterocycles. The molecule has 0 bridgehead atoms. The van der Waals surface area contributed by atoms with Crippen molar-refractivity contribution in [1.29, 1.82) is 0 Å². The van der Waals surface area contributed by atoms with Crippen LogP contribution >= 0.6 is 0 Å². The molecule has 0 radical (unpaired) electrons. The molecule has 0 amide bonds. The van der Waals surface area contributed by atoms with Crippen molar-refractivity contribution in [2.24, 2.45) is 5.10 Å². The molecule has 2 N–H and O–H groups in total. The van der Waals surface area contributed by atoms with Crippen LogP contribution in [0.15, 0.2) is 34.2 Å². The Balaban J connectivity index is 2.26. The first-order chi connectivity index (χ1) is 9.88. The van der Waals surface area contributed by atoms with Gasteiger partial charge in [-0.1, -0.05) is 45.0 Å². The molecule has 110 valence electrons. The third-order valence-corrected chi connectivity index (χ3v) is 2.97. The summed E-state index contributed by atoms with van der Waals surface area (Å²) in [5, 5.41) is 10.6. The Morgan fingerprint density at radius 3 is 2.67 bits per heavy atom. The summed E-state index contributed by atoms with van der Waals surface area (Å²) in [5.41, 5.74) is 4.83. The van der Waals surface area contributed by atoms with Crippen LogP contribution in [0.1, 0.15) is 37.6 Å². The molecule has 21 heavy (non-hydrogen) atoms. The van der Waals surface area contributed by atoms with Gasteiger partial charge in [0.25, 0.3) is 0 Å². The molecule has 0 spiro atoms. The molecule has 0 aliphatic carbocycles. The molecule has 0 unspecified atom stereocenters. The standard InChI is InChI=1S/C15H19N5O/c1-10-7-5-6-8-11(10)9-16-19-13-12(15(2,3)4)18-20-14(21)17-13/h5-9H,1-4H3,(H2,17,19,20,21)/b16-9+. The van der Waals surface area contributed by atoms with Gasteiger partial charge in [-0.15, -0.1) is 0 Å². The van der Waals surface area contributed by atoms with Crippen LogP contribution in [0.5, 0.6) is 0 Å². The highest BCUT2D eigenvalue weighted by molar-refractivity contribution is 5.82. The lowest BCUT2D eigenvalue weighted by Gasteiger charge is -2.18. The number of rotatable bonds is 3. The molecule has 0 saturated carbocycles. The minimum absolute atomic E-state index is 0.252. The van der Waals surface area contributed by atoms with Crippen molar-refractivity contribution in [2.75, 3.05) is 5.43 Å². The molecular weight excluding hydrogens is 266 g/mol. The van der Waals surface area contributed by atoms with Crippen LogP contribution in [0.3, 0.4) is 0 Å². The van der Waals surface area contributed by atoms with Crippen molar-refractivity contribution in [1.82, 2.24) is 15.2 Å². The SMILES string of the molecule is Cc1ccccc1/C=N/Nc1nc(=O)[nH]nc1C(C)(C)C. The average molecular weight is 285 g/mol. The number of hydrogen-bond donors (Lipinski definition) is 2. The topological polar surface area (TPSA) is 83.0 Å². The maximum absolute atomic E-state index is 11.3. The number of nitrogens with zero attached hydrogens (tertiary/aromatic N) is 3. The zero-order valence-electron chi connectivity index (χ0n) is 12.6. The number of nitrogens with one attached hydrogen (secondary N) is 2. The van der Waals surface area contributed by atoms with E-state index >= 15 is 0 Å². The van der Waals surface area contributed by atoms with Crippen LogP contribution in [-0.4, -0.2) is 21.4 Å². The van der Waals surface area contributed by atoms with Crippen LogP contribution < -0.4 is 11.1 Å². The quantitative estimate of drug-likeness (QED) is 0.669. The van der Waals surface area contributed by atoms with Crippen molar-refractivity contribution in [3.05, 3.63) is 51.6 Å². The number of hydrogen-bond acceptors (Lipinski definition) is 5. The minimum Gasteiger partial charge on any atom is -0.260 e. The fraction of sp³-hybridized carbons (Fsp3) is 0.333. The molecule has 0 atom stereocenters. The molecule has 0 aliphatic rings. The van der Waals surface area contributed by atoms with Crippen LogP contribution in [0.25, 0.3) is 0 Å². The van der Waals surface area contributed by atoms with Crippen molar-refractivity contribution < 1.29 is 0 Å². The number of aromatic amines is 1. The summed E-state index contributed by atoms with van der Waals surface area (Å²) in [6.07, 6.45) is 1.70. The van der Waals surface area contributed by atoms with Gasteiger partial charge in [-0.05, 0) is 18.1 Å². The first-order valence-electron chi connectivity index (χ1n) is 6.70. The van der Waals surface area contributed by atoms with Gasteiger partial charge in [0.2, 0.25) is 0 Å². The summed E-state index contributed by atoms with van der Waals surface area (Å²) in [7, 11) is 0. The number of H-pyrrole nitrogens is 1. The molecular formula is C15H19N5O. The fourth-order valence-corrected chi connectivity index (χ4v) is 1.83. The summed E-state index contributed by atoms with van der Waals surface area (Å²) < 4.78 is 0. The average Bonchev–Trinajstić information content (AvgIpc) is 2.39. The van der Waals surface area contributed by atoms with Gasteiger partial charge < -0.3 is 0 Å². The number of hydrazone groups is 1. The molecule has 1 aromatic heterocycles. The molecule has 0 saturated heterocycles. The lowest BCUT2D eigenvalue weighted by molar-refractivity contribution is 0.553. The maximum atomic E-state index is 11.3. The summed E-state index contributed by atoms with van der Waals surface area (Å²) in [6, 6.07) is 7.89. The van der Waals surface area contributed by atoms with Crippen molar-refractivity contribution in [3.63, 3.8) is 0 Å². The maximum Gasteiger partial charge on any atom is 0.363 e. The number of benzene rings is 1. The first kappa shape index (κ1) is 14.9. The van der Waals surface area contributed by atoms with Gasteiger partial charge in [-0.25, -0.2) is 9.89 Å². The number of anilines is 1. The number of aryl methyl sites for hydroxylation is 1. The lowest BCUT2D eigenvalue weighted by atomic mass is 9.92. The predicted octanol–water partition coefficient (Wildman–Crippen LogP) is 2.22. The van der Waals surface area contributed by atoms with E-state index in [0.717, 1.165) is 11.1 Å². The van der Waals surface area contributed by atoms with Gasteiger partial charge in [-0.3, -0.25) is 5.43 Å². The monoisotopic (exact) mass is 285 g/mol. The van der Waals surface area contributed by atoms with Gasteiger partial charge in [0, 0.05) is 5.41 Å². The van der Waals surface area contributed by atoms with E-state index in [2.05, 4.69) is 25.7 Å². The number of aromatic nitrogens is 3. The smallest absolute Gasteiger partial charge is 0.260 e. The largest absolute Gasteiger partial charge is 0.363 e. The van der Waals surface area contributed by atoms with Crippen molar-refractivity contribution >= 4 is 12.0 Å². The Morgan fingerprint density at radius 2 is 2.00 bits per heavy atom. The third-order valence-electron chi connectivity index (χ3n) is 2.97. The zero-order valence-corrected chi connectivity index (χ0v) is 12.6. The van der Waals surface area contributed by atoms with Gasteiger partial charge in [-0.2, -0.15) is 15.2 Å². The summed E-state index contributed by atoms with van der Waals surface area (Å²) in [4.78, 5) is 15.2. The molecule has 6 nitrogen and oxygen atoms in total. The lowest BCUT2D eigenvalue weighted by Crippen LogP contribution is -2.24. The molecule has 0 aliphatic heterocycles. The first-order valence-corrected chi connectivity index (χ1v) is 6.70. The predicted molar refractivity (Wildman–Crippen MR) is 83.7 cm³/mol. The minimum atomic E-state index is -0.503. The van der Waals surface area contributed by atoms with E-state index in [1.165, 1.54) is 0 Å². The van der Waals surface area contributed by atoms with Gasteiger partial charge in [0.15, 0.2) is 5.82 Å². The van der Waals surface area contributed by atoms with Crippen molar-refractivity contribution in [2.45, 2.75) is 33.1 Å². The Kier molecular flexibility index (Phi) is 4.16. The second-order valence-corrected chi connectivity index (χ2v) is 5.81. The van der Waals surface area contributed by atoms with Crippen LogP contribution in [0.4, 0.5) is 5.82 Å². The Labute approximate surface area is 123 Å². The Morgan fingerprint density at radius 1 is 1.29 bits per heavy atom. The van der Waals surface area contributed by atoms with E-state index in [1.807, 2.05) is 52.0 Å². The van der Waals surface area contributed by atoms with Gasteiger partial charge in [0.1, 0.15) is 5.69 Å². The molecule has 0 fully saturated rings. The van der Waals surface area contributed by atoms with Gasteiger partial charge >= 0.3 is 5.69 Å². The van der Waals surface area contributed by atoms with E-state index in [1.54, 1.807) is 6.21 Å². The summed E-state index contributed by atoms with van der Waals surface area (Å²) >= 11 is 0. The zero-order chi connectivity index (χ0) is 15.5. The molecule has 6 heteroatoms. The van der Waals surface area contributed by atoms with Gasteiger partial charge in [0.05, 0.1) is 6.21 Å². The van der Waals surface area contributed by atoms with Crippen LogP contribution in [0, 0.1) is 6.92 Å². The third kappa shape index (κ3) is 3.75. The van der Waals surface area contributed by atoms with Crippen LogP contribution in [-0.2, 0) is 5.41 Å². The van der Waals surface area contributed by atoms with E-state index < -0.39 is 5.69 Å².